The van der Waals surface area contributed by atoms with E-state index >= 15 is 0 Å². The van der Waals surface area contributed by atoms with Crippen LogP contribution in [0.1, 0.15) is 221 Å². The van der Waals surface area contributed by atoms with E-state index in [1.165, 1.54) is 65.6 Å². The highest BCUT2D eigenvalue weighted by Crippen LogP contribution is 2.29. The minimum absolute atomic E-state index is 0. The average molecular weight is 2140 g/mol. The molecule has 0 atom stereocenters. The van der Waals surface area contributed by atoms with Crippen LogP contribution in [-0.2, 0) is 75.0 Å². The van der Waals surface area contributed by atoms with Crippen LogP contribution in [0, 0.1) is 6.92 Å². The Bertz CT molecular complexity index is 4360. The summed E-state index contributed by atoms with van der Waals surface area (Å²) in [5.74, 6) is 0.767. The summed E-state index contributed by atoms with van der Waals surface area (Å²) in [6.07, 6.45) is 12.4. The van der Waals surface area contributed by atoms with Gasteiger partial charge in [0.1, 0.15) is 5.60 Å². The Morgan fingerprint density at radius 2 is 0.894 bits per heavy atom. The zero-order valence-electron chi connectivity index (χ0n) is 70.4. The zero-order valence-corrected chi connectivity index (χ0v) is 81.3. The summed E-state index contributed by atoms with van der Waals surface area (Å²) in [4.78, 5) is 86.9. The lowest BCUT2D eigenvalue weighted by Crippen LogP contribution is -2.27. The summed E-state index contributed by atoms with van der Waals surface area (Å²) in [7, 11) is 15.1. The molecule has 0 unspecified atom stereocenters. The van der Waals surface area contributed by atoms with Crippen LogP contribution in [0.25, 0.3) is 0 Å². The van der Waals surface area contributed by atoms with Crippen LogP contribution < -0.4 is 22.5 Å². The number of halogens is 10. The number of aldehydes is 1. The first-order chi connectivity index (χ1) is 57.3. The van der Waals surface area contributed by atoms with E-state index < -0.39 is 33.4 Å². The summed E-state index contributed by atoms with van der Waals surface area (Å²) < 4.78 is 54.1. The highest BCUT2D eigenvalue weighted by Gasteiger charge is 2.26. The maximum atomic E-state index is 11.9. The number of hydrogen-bond donors (Lipinski definition) is 6. The molecule has 1 saturated heterocycles. The van der Waals surface area contributed by atoms with Gasteiger partial charge in [-0.25, -0.2) is 9.00 Å². The molecule has 8 aliphatic rings. The van der Waals surface area contributed by atoms with Gasteiger partial charge in [-0.1, -0.05) is 142 Å². The summed E-state index contributed by atoms with van der Waals surface area (Å²) in [6, 6.07) is 41.6. The maximum Gasteiger partial charge on any atom is 0.446 e. The number of aliphatic hydroxyl groups excluding tert-OH is 1. The van der Waals surface area contributed by atoms with Crippen molar-refractivity contribution < 1.29 is 70.7 Å². The van der Waals surface area contributed by atoms with Gasteiger partial charge in [0, 0.05) is 164 Å². The topological polar surface area (TPSA) is 311 Å². The largest absolute Gasteiger partial charge is 0.446 e. The predicted octanol–water partition coefficient (Wildman–Crippen LogP) is 21.3. The van der Waals surface area contributed by atoms with Crippen LogP contribution in [-0.4, -0.2) is 179 Å². The van der Waals surface area contributed by atoms with Gasteiger partial charge in [0.15, 0.2) is 5.78 Å². The van der Waals surface area contributed by atoms with Gasteiger partial charge in [-0.2, -0.15) is 13.2 Å². The van der Waals surface area contributed by atoms with Crippen molar-refractivity contribution in [3.05, 3.63) is 229 Å². The number of nitrogen functional groups attached to an aromatic ring is 2. The number of alkyl halides is 4. The van der Waals surface area contributed by atoms with Gasteiger partial charge in [-0.05, 0) is 304 Å². The van der Waals surface area contributed by atoms with E-state index in [1.807, 2.05) is 123 Å². The van der Waals surface area contributed by atoms with Crippen LogP contribution >= 0.6 is 108 Å². The van der Waals surface area contributed by atoms with E-state index in [4.69, 9.17) is 41.3 Å². The Balaban J connectivity index is 0.000000681. The van der Waals surface area contributed by atoms with Gasteiger partial charge in [0.05, 0.1) is 5.71 Å². The van der Waals surface area contributed by atoms with E-state index in [2.05, 4.69) is 166 Å². The van der Waals surface area contributed by atoms with E-state index in [1.54, 1.807) is 48.5 Å². The number of nitrogens with zero attached hydrogens (tertiary/aromatic N) is 5. The molecule has 0 aromatic heterocycles. The molecular weight excluding hydrogens is 2020 g/mol. The molecule has 5 amide bonds. The number of fused-ring (bicyclic) bond motifs is 7. The monoisotopic (exact) mass is 2140 g/mol. The summed E-state index contributed by atoms with van der Waals surface area (Å²) in [6.45, 7) is 16.9. The lowest BCUT2D eigenvalue weighted by atomic mass is 9.90. The molecule has 7 aromatic carbocycles. The summed E-state index contributed by atoms with van der Waals surface area (Å²) in [5.41, 5.74) is 34.7. The number of primary amides is 1. The smallest absolute Gasteiger partial charge is 0.444 e. The van der Waals surface area contributed by atoms with Gasteiger partial charge in [0.25, 0.3) is 23.6 Å². The Labute approximate surface area is 784 Å². The Kier molecular flexibility index (Phi) is 56.4. The van der Waals surface area contributed by atoms with E-state index in [0.717, 1.165) is 214 Å². The third kappa shape index (κ3) is 44.4. The molecule has 7 aromatic rings. The first-order valence-corrected chi connectivity index (χ1v) is 47.7. The number of anilines is 2. The first kappa shape index (κ1) is 114. The molecule has 15 rings (SSSR count). The maximum absolute atomic E-state index is 11.9. The second-order valence-electron chi connectivity index (χ2n) is 29.7. The van der Waals surface area contributed by atoms with E-state index in [0.29, 0.717) is 12.2 Å². The number of Topliss-reactive ketones (excluding diaryl/α,β-unsaturated/α-hetero) is 1. The lowest BCUT2D eigenvalue weighted by molar-refractivity contribution is -0.156. The molecule has 680 valence electrons. The molecule has 0 spiro atoms. The number of carbonyl (C=O) groups excluding carboxylic acids is 7. The van der Waals surface area contributed by atoms with Gasteiger partial charge in [-0.15, -0.1) is 0 Å². The number of nitrogens with two attached hydrogens (primary N) is 3. The second-order valence-corrected chi connectivity index (χ2v) is 35.9. The van der Waals surface area contributed by atoms with E-state index in [-0.39, 0.29) is 45.1 Å². The molecule has 123 heavy (non-hydrogen) atoms. The minimum Gasteiger partial charge on any atom is -0.444 e. The standard InChI is InChI=1S/C12H15NO.C11H12BrNO.C11H14N2O.C11H16N2.2C10H10BrNO.C10H9BrO.C5H11NO2.C4H8O.C2HF3O.C2H6O.CH3I.2CH4.Cl2OS/c1-9-5-6-11-10(8-9)4-3-7-13(2)12(11)14;2*1-13-6-2-3-8-7-9(12)4-5-10(8)11(13)14;1-13-6-2-3-9-7-11(12)5-4-10(9)8-13;11-8-3-4-9-7(6-8)2-1-5-12-10(9)13;11-8-4-5-9-7(6-8)2-1-3-10(9)12-13;11-8-4-5-9-7(6-8)2-1-3-10(9)12;1-5(2,3)8-4(6)7;1-2-4-5-3-1;3-2(4,5)1-6;1-2-3;1-2;;;1-4(2)3/h5-6,8H,3-4,7H2,1-2H3;4-5,7H,2-3,6H2,1H3;4-5,7H,2-3,6,12H2,1H3;4-5,7H,2-3,6,8,12H2,1H3;3-4,6H,1-2,5H2,(H,12,13);4-6,13H,1-3H2;4-6H,1-3H2;1-3H3,(H2,6,7);1-4H2;1H;3H,2H2,1H3;1H3;2*1H4;/b;;;;;12-10-;;;;;;;;;. The van der Waals surface area contributed by atoms with Crippen LogP contribution in [0.4, 0.5) is 29.3 Å². The fraction of sp³-hybridized carbons (Fsp3) is 0.451. The van der Waals surface area contributed by atoms with Crippen molar-refractivity contribution in [2.24, 2.45) is 10.9 Å². The number of benzene rings is 7. The number of ether oxygens (including phenoxy) is 2. The number of oxime groups is 1. The number of hydrogen-bond acceptors (Lipinski definition) is 16. The number of carbonyl (C=O) groups is 7. The van der Waals surface area contributed by atoms with Crippen molar-refractivity contribution in [1.82, 2.24) is 24.9 Å². The average Bonchev–Trinajstić information content (AvgIpc) is 1.76. The van der Waals surface area contributed by atoms with Crippen molar-refractivity contribution in [2.75, 3.05) is 97.1 Å². The van der Waals surface area contributed by atoms with Crippen LogP contribution in [0.2, 0.25) is 0 Å². The number of nitrogens with one attached hydrogen (secondary N) is 1. The third-order valence-corrected chi connectivity index (χ3v) is 20.8. The van der Waals surface area contributed by atoms with Gasteiger partial charge in [0.2, 0.25) is 15.5 Å². The molecule has 6 aliphatic heterocycles. The Hall–Kier alpha value is -6.85. The molecular formula is C91H123Br4Cl2F3IN9O12S. The first-order valence-electron chi connectivity index (χ1n) is 39.6. The van der Waals surface area contributed by atoms with Gasteiger partial charge >= 0.3 is 12.3 Å². The molecule has 21 nitrogen and oxygen atoms in total. The highest BCUT2D eigenvalue weighted by molar-refractivity contribution is 14.1. The quantitative estimate of drug-likeness (QED) is 0.0156. The number of aryl methyl sites for hydroxylation is 8. The Morgan fingerprint density at radius 3 is 1.33 bits per heavy atom. The third-order valence-electron chi connectivity index (χ3n) is 18.8. The van der Waals surface area contributed by atoms with Crippen molar-refractivity contribution in [3.8, 4) is 0 Å². The van der Waals surface area contributed by atoms with Crippen molar-refractivity contribution in [2.45, 2.75) is 183 Å². The van der Waals surface area contributed by atoms with Crippen LogP contribution in [0.5, 0.6) is 0 Å². The van der Waals surface area contributed by atoms with Crippen LogP contribution in [0.3, 0.4) is 0 Å². The van der Waals surface area contributed by atoms with Crippen molar-refractivity contribution >= 4 is 176 Å². The minimum atomic E-state index is -4.64. The number of rotatable bonds is 0. The summed E-state index contributed by atoms with van der Waals surface area (Å²) >= 11 is 15.8. The molecule has 6 heterocycles. The number of aliphatic hydroxyl groups is 1. The number of ketones is 1. The fourth-order valence-corrected chi connectivity index (χ4v) is 14.9. The Morgan fingerprint density at radius 1 is 0.545 bits per heavy atom. The molecule has 0 radical (unpaired) electrons. The molecule has 1 fully saturated rings. The normalized spacial score (nSPS) is 15.4. The molecule has 2 aliphatic carbocycles. The SMILES string of the molecule is C.C.C1CCOC1.CC(C)(C)OC(N)=O.CCO.CI.CN1CCCc2cc(Br)ccc2C1=O.CN1CCCc2cc(N)ccc2C1.CN1CCCc2cc(N)ccc2C1=O.Cc1ccc2c(c1)CCCN(C)C2=O.O/N=C1/CCCc2cc(Br)ccc21.O=C1CCCc2cc(Br)ccc21.O=C1NCCCc2cc(Br)ccc21.O=CC(F)(F)F.O=S(Cl)Cl. The van der Waals surface area contributed by atoms with E-state index in [9.17, 15) is 41.9 Å². The van der Waals surface area contributed by atoms with Crippen molar-refractivity contribution in [1.29, 1.82) is 0 Å². The van der Waals surface area contributed by atoms with Crippen LogP contribution in [0.15, 0.2) is 150 Å². The van der Waals surface area contributed by atoms with Crippen molar-refractivity contribution in [3.63, 3.8) is 0 Å². The zero-order chi connectivity index (χ0) is 90.5. The molecule has 0 saturated carbocycles. The molecule has 9 N–H and O–H groups in total. The summed E-state index contributed by atoms with van der Waals surface area (Å²) in [5, 5.41) is 22.5. The van der Waals surface area contributed by atoms with Gasteiger partial charge < -0.3 is 61.9 Å². The second kappa shape index (κ2) is 60.8. The molecule has 0 bridgehead atoms. The van der Waals surface area contributed by atoms with Gasteiger partial charge in [-0.3, -0.25) is 28.8 Å². The lowest BCUT2D eigenvalue weighted by Gasteiger charge is -2.16. The molecule has 32 heteroatoms. The predicted molar refractivity (Wildman–Crippen MR) is 518 cm³/mol. The fourth-order valence-electron chi connectivity index (χ4n) is 13.3. The number of amides is 5. The highest BCUT2D eigenvalue weighted by atomic mass is 127.